The first-order valence-corrected chi connectivity index (χ1v) is 5.81. The van der Waals surface area contributed by atoms with E-state index in [0.717, 1.165) is 16.3 Å². The highest BCUT2D eigenvalue weighted by atomic mass is 16.5. The van der Waals surface area contributed by atoms with Crippen LogP contribution >= 0.6 is 0 Å². The van der Waals surface area contributed by atoms with Gasteiger partial charge in [0.05, 0.1) is 7.11 Å². The molecule has 2 N–H and O–H groups in total. The molecule has 2 aromatic carbocycles. The van der Waals surface area contributed by atoms with E-state index in [4.69, 9.17) is 10.5 Å². The molecule has 1 heterocycles. The normalized spacial score (nSPS) is 10.6. The largest absolute Gasteiger partial charge is 0.467 e. The third-order valence-corrected chi connectivity index (χ3v) is 2.85. The number of nitrogen functional groups attached to an aromatic ring is 1. The van der Waals surface area contributed by atoms with Crippen molar-refractivity contribution in [2.45, 2.75) is 0 Å². The second kappa shape index (κ2) is 4.53. The SMILES string of the molecule is COc1nc(N)nc(-c2cccc3ccccc23)n1. The van der Waals surface area contributed by atoms with Crippen molar-refractivity contribution >= 4 is 16.7 Å². The minimum absolute atomic E-state index is 0.148. The fourth-order valence-corrected chi connectivity index (χ4v) is 2.00. The lowest BCUT2D eigenvalue weighted by Crippen LogP contribution is -2.02. The Kier molecular flexibility index (Phi) is 2.72. The minimum Gasteiger partial charge on any atom is -0.467 e. The Bertz CT molecular complexity index is 737. The molecule has 0 amide bonds. The summed E-state index contributed by atoms with van der Waals surface area (Å²) in [7, 11) is 1.50. The lowest BCUT2D eigenvalue weighted by Gasteiger charge is -2.06. The van der Waals surface area contributed by atoms with Gasteiger partial charge in [-0.25, -0.2) is 0 Å². The molecule has 0 aliphatic heterocycles. The fourth-order valence-electron chi connectivity index (χ4n) is 2.00. The number of benzene rings is 2. The van der Waals surface area contributed by atoms with Crippen molar-refractivity contribution in [3.8, 4) is 17.4 Å². The van der Waals surface area contributed by atoms with Crippen LogP contribution in [-0.2, 0) is 0 Å². The molecule has 0 saturated heterocycles. The number of ether oxygens (including phenoxy) is 1. The zero-order chi connectivity index (χ0) is 13.2. The molecule has 0 saturated carbocycles. The molecular formula is C14H12N4O. The average molecular weight is 252 g/mol. The summed E-state index contributed by atoms with van der Waals surface area (Å²) in [5.74, 6) is 0.663. The molecule has 0 aliphatic carbocycles. The molecule has 94 valence electrons. The predicted molar refractivity (Wildman–Crippen MR) is 73.7 cm³/mol. The average Bonchev–Trinajstić information content (AvgIpc) is 2.46. The summed E-state index contributed by atoms with van der Waals surface area (Å²) < 4.78 is 5.03. The molecule has 19 heavy (non-hydrogen) atoms. The number of nitrogens with zero attached hydrogens (tertiary/aromatic N) is 3. The highest BCUT2D eigenvalue weighted by Crippen LogP contribution is 2.26. The molecule has 0 spiro atoms. The third kappa shape index (κ3) is 2.06. The van der Waals surface area contributed by atoms with E-state index in [1.807, 2.05) is 42.5 Å². The van der Waals surface area contributed by atoms with Gasteiger partial charge in [-0.2, -0.15) is 15.0 Å². The smallest absolute Gasteiger partial charge is 0.321 e. The van der Waals surface area contributed by atoms with Gasteiger partial charge in [0, 0.05) is 5.56 Å². The van der Waals surface area contributed by atoms with Crippen LogP contribution in [0.1, 0.15) is 0 Å². The Morgan fingerprint density at radius 3 is 2.58 bits per heavy atom. The van der Waals surface area contributed by atoms with Crippen LogP contribution in [0.3, 0.4) is 0 Å². The maximum Gasteiger partial charge on any atom is 0.321 e. The Hall–Kier alpha value is -2.69. The van der Waals surface area contributed by atoms with Crippen molar-refractivity contribution in [2.24, 2.45) is 0 Å². The summed E-state index contributed by atoms with van der Waals surface area (Å²) in [5.41, 5.74) is 6.58. The number of methoxy groups -OCH3 is 1. The molecule has 0 fully saturated rings. The number of hydrogen-bond donors (Lipinski definition) is 1. The van der Waals surface area contributed by atoms with Crippen molar-refractivity contribution in [1.29, 1.82) is 0 Å². The number of fused-ring (bicyclic) bond motifs is 1. The van der Waals surface area contributed by atoms with Crippen LogP contribution in [0.25, 0.3) is 22.2 Å². The predicted octanol–water partition coefficient (Wildman–Crippen LogP) is 2.28. The zero-order valence-electron chi connectivity index (χ0n) is 10.4. The van der Waals surface area contributed by atoms with Gasteiger partial charge in [-0.05, 0) is 10.8 Å². The number of hydrogen-bond acceptors (Lipinski definition) is 5. The van der Waals surface area contributed by atoms with Gasteiger partial charge in [0.15, 0.2) is 5.82 Å². The maximum atomic E-state index is 5.67. The van der Waals surface area contributed by atoms with Crippen molar-refractivity contribution in [3.63, 3.8) is 0 Å². The van der Waals surface area contributed by atoms with E-state index >= 15 is 0 Å². The van der Waals surface area contributed by atoms with Crippen LogP contribution in [0.4, 0.5) is 5.95 Å². The quantitative estimate of drug-likeness (QED) is 0.757. The summed E-state index contributed by atoms with van der Waals surface area (Å²) in [5, 5.41) is 2.19. The van der Waals surface area contributed by atoms with Crippen molar-refractivity contribution < 1.29 is 4.74 Å². The van der Waals surface area contributed by atoms with E-state index in [0.29, 0.717) is 5.82 Å². The van der Waals surface area contributed by atoms with E-state index in [-0.39, 0.29) is 12.0 Å². The first kappa shape index (κ1) is 11.4. The van der Waals surface area contributed by atoms with Crippen molar-refractivity contribution in [1.82, 2.24) is 15.0 Å². The molecule has 3 aromatic rings. The first-order valence-electron chi connectivity index (χ1n) is 5.81. The van der Waals surface area contributed by atoms with Gasteiger partial charge in [-0.15, -0.1) is 0 Å². The fraction of sp³-hybridized carbons (Fsp3) is 0.0714. The first-order chi connectivity index (χ1) is 9.28. The third-order valence-electron chi connectivity index (χ3n) is 2.85. The highest BCUT2D eigenvalue weighted by molar-refractivity contribution is 5.95. The minimum atomic E-state index is 0.148. The molecule has 1 aromatic heterocycles. The van der Waals surface area contributed by atoms with Gasteiger partial charge in [0.25, 0.3) is 0 Å². The molecule has 0 aliphatic rings. The van der Waals surface area contributed by atoms with E-state index in [1.54, 1.807) is 0 Å². The molecule has 3 rings (SSSR count). The van der Waals surface area contributed by atoms with Crippen LogP contribution in [0.2, 0.25) is 0 Å². The molecule has 0 radical (unpaired) electrons. The van der Waals surface area contributed by atoms with E-state index in [9.17, 15) is 0 Å². The van der Waals surface area contributed by atoms with Crippen molar-refractivity contribution in [3.05, 3.63) is 42.5 Å². The summed E-state index contributed by atoms with van der Waals surface area (Å²) in [6, 6.07) is 14.2. The topological polar surface area (TPSA) is 73.9 Å². The van der Waals surface area contributed by atoms with E-state index in [2.05, 4.69) is 15.0 Å². The van der Waals surface area contributed by atoms with Crippen LogP contribution in [-0.4, -0.2) is 22.1 Å². The van der Waals surface area contributed by atoms with Crippen LogP contribution < -0.4 is 10.5 Å². The summed E-state index contributed by atoms with van der Waals surface area (Å²) in [4.78, 5) is 12.3. The highest BCUT2D eigenvalue weighted by Gasteiger charge is 2.09. The lowest BCUT2D eigenvalue weighted by atomic mass is 10.0. The van der Waals surface area contributed by atoms with Gasteiger partial charge in [0.2, 0.25) is 5.95 Å². The van der Waals surface area contributed by atoms with Gasteiger partial charge in [-0.3, -0.25) is 0 Å². The number of nitrogens with two attached hydrogens (primary N) is 1. The van der Waals surface area contributed by atoms with Gasteiger partial charge < -0.3 is 10.5 Å². The zero-order valence-corrected chi connectivity index (χ0v) is 10.4. The Morgan fingerprint density at radius 2 is 1.74 bits per heavy atom. The molecule has 5 nitrogen and oxygen atoms in total. The lowest BCUT2D eigenvalue weighted by molar-refractivity contribution is 0.379. The summed E-state index contributed by atoms with van der Waals surface area (Å²) >= 11 is 0. The number of aromatic nitrogens is 3. The standard InChI is InChI=1S/C14H12N4O/c1-19-14-17-12(16-13(15)18-14)11-8-4-6-9-5-2-3-7-10(9)11/h2-8H,1H3,(H2,15,16,17,18). The monoisotopic (exact) mass is 252 g/mol. The van der Waals surface area contributed by atoms with E-state index < -0.39 is 0 Å². The molecule has 5 heteroatoms. The Morgan fingerprint density at radius 1 is 0.947 bits per heavy atom. The van der Waals surface area contributed by atoms with Gasteiger partial charge >= 0.3 is 6.01 Å². The van der Waals surface area contributed by atoms with E-state index in [1.165, 1.54) is 7.11 Å². The number of anilines is 1. The van der Waals surface area contributed by atoms with Crippen LogP contribution in [0.15, 0.2) is 42.5 Å². The Balaban J connectivity index is 2.27. The van der Waals surface area contributed by atoms with Gasteiger partial charge in [-0.1, -0.05) is 42.5 Å². The van der Waals surface area contributed by atoms with Crippen LogP contribution in [0, 0.1) is 0 Å². The molecule has 0 bridgehead atoms. The summed E-state index contributed by atoms with van der Waals surface area (Å²) in [6.45, 7) is 0. The van der Waals surface area contributed by atoms with Gasteiger partial charge in [0.1, 0.15) is 0 Å². The molecule has 0 atom stereocenters. The second-order valence-corrected chi connectivity index (χ2v) is 4.03. The Labute approximate surface area is 110 Å². The maximum absolute atomic E-state index is 5.67. The second-order valence-electron chi connectivity index (χ2n) is 4.03. The molecule has 0 unspecified atom stereocenters. The number of rotatable bonds is 2. The van der Waals surface area contributed by atoms with Crippen molar-refractivity contribution in [2.75, 3.05) is 12.8 Å². The van der Waals surface area contributed by atoms with Crippen LogP contribution in [0.5, 0.6) is 6.01 Å². The summed E-state index contributed by atoms with van der Waals surface area (Å²) in [6.07, 6.45) is 0. The molecular weight excluding hydrogens is 240 g/mol.